The third-order valence-electron chi connectivity index (χ3n) is 5.93. The zero-order chi connectivity index (χ0) is 23.8. The number of ether oxygens (including phenoxy) is 5. The Kier molecular flexibility index (Phi) is 8.29. The molecule has 0 aromatic rings. The van der Waals surface area contributed by atoms with Crippen molar-refractivity contribution in [2.75, 3.05) is 13.2 Å². The van der Waals surface area contributed by atoms with Gasteiger partial charge >= 0.3 is 0 Å². The first-order valence-corrected chi connectivity index (χ1v) is 10.6. The van der Waals surface area contributed by atoms with Crippen LogP contribution in [0.15, 0.2) is 12.2 Å². The summed E-state index contributed by atoms with van der Waals surface area (Å²) in [4.78, 5) is 0. The fourth-order valence-electron chi connectivity index (χ4n) is 3.93. The number of aliphatic hydroxyl groups excluding tert-OH is 7. The van der Waals surface area contributed by atoms with Gasteiger partial charge < -0.3 is 59.4 Å². The number of aliphatic hydroxyl groups is 7. The molecule has 186 valence electrons. The molecule has 7 N–H and O–H groups in total. The second kappa shape index (κ2) is 10.3. The molecule has 2 fully saturated rings. The first-order valence-electron chi connectivity index (χ1n) is 10.6. The molecule has 2 saturated heterocycles. The predicted octanol–water partition coefficient (Wildman–Crippen LogP) is -3.05. The average Bonchev–Trinajstić information content (AvgIpc) is 3.15. The molecule has 0 aromatic carbocycles. The maximum absolute atomic E-state index is 10.7. The summed E-state index contributed by atoms with van der Waals surface area (Å²) in [5.41, 5.74) is 0. The highest BCUT2D eigenvalue weighted by molar-refractivity contribution is 5.07. The fourth-order valence-corrected chi connectivity index (χ4v) is 3.93. The lowest BCUT2D eigenvalue weighted by Gasteiger charge is -2.46. The zero-order valence-electron chi connectivity index (χ0n) is 18.2. The molecule has 3 aliphatic rings. The molecule has 0 aliphatic carbocycles. The third kappa shape index (κ3) is 5.17. The van der Waals surface area contributed by atoms with Crippen molar-refractivity contribution in [2.24, 2.45) is 5.92 Å². The van der Waals surface area contributed by atoms with E-state index in [1.54, 1.807) is 13.0 Å². The van der Waals surface area contributed by atoms with E-state index in [1.807, 2.05) is 19.9 Å². The Hall–Kier alpha value is -0.740. The van der Waals surface area contributed by atoms with Crippen LogP contribution >= 0.6 is 0 Å². The summed E-state index contributed by atoms with van der Waals surface area (Å²) in [6, 6.07) is 0. The standard InChI is InChI=1S/C20H34O12/c1-8(2)9-4-5-20(3,31-9)32-19-16(27)14(25)17(11(7-22)29-19)30-18-15(26)13(24)12(23)10(6-21)28-18/h4-5,8-19,21-27H,6-7H2,1-3H3/t9?,10-,11-,12-,13+,14-,15-,16-,17-,18+,19+,20?/m1/s1. The molecular formula is C20H34O12. The Morgan fingerprint density at radius 3 is 2.00 bits per heavy atom. The highest BCUT2D eigenvalue weighted by Gasteiger charge is 2.52. The van der Waals surface area contributed by atoms with Gasteiger partial charge in [0.15, 0.2) is 18.4 Å². The summed E-state index contributed by atoms with van der Waals surface area (Å²) in [5, 5.41) is 70.3. The summed E-state index contributed by atoms with van der Waals surface area (Å²) < 4.78 is 28.0. The van der Waals surface area contributed by atoms with Crippen molar-refractivity contribution < 1.29 is 59.4 Å². The molecule has 12 heteroatoms. The molecule has 0 spiro atoms. The summed E-state index contributed by atoms with van der Waals surface area (Å²) in [5.74, 6) is -1.05. The van der Waals surface area contributed by atoms with Crippen LogP contribution < -0.4 is 0 Å². The first kappa shape index (κ1) is 25.9. The van der Waals surface area contributed by atoms with Crippen LogP contribution in [0.4, 0.5) is 0 Å². The van der Waals surface area contributed by atoms with Crippen molar-refractivity contribution in [3.8, 4) is 0 Å². The smallest absolute Gasteiger partial charge is 0.190 e. The van der Waals surface area contributed by atoms with E-state index in [4.69, 9.17) is 23.7 Å². The van der Waals surface area contributed by atoms with E-state index in [2.05, 4.69) is 0 Å². The largest absolute Gasteiger partial charge is 0.394 e. The maximum Gasteiger partial charge on any atom is 0.190 e. The van der Waals surface area contributed by atoms with Gasteiger partial charge in [0.1, 0.15) is 48.8 Å². The molecular weight excluding hydrogens is 432 g/mol. The summed E-state index contributed by atoms with van der Waals surface area (Å²) >= 11 is 0. The average molecular weight is 466 g/mol. The van der Waals surface area contributed by atoms with E-state index in [1.165, 1.54) is 0 Å². The Morgan fingerprint density at radius 1 is 0.844 bits per heavy atom. The van der Waals surface area contributed by atoms with E-state index < -0.39 is 80.4 Å². The van der Waals surface area contributed by atoms with Crippen LogP contribution in [0.5, 0.6) is 0 Å². The lowest BCUT2D eigenvalue weighted by molar-refractivity contribution is -0.381. The fraction of sp³-hybridized carbons (Fsp3) is 0.900. The van der Waals surface area contributed by atoms with Gasteiger partial charge in [-0.15, -0.1) is 0 Å². The van der Waals surface area contributed by atoms with Gasteiger partial charge in [0.25, 0.3) is 0 Å². The molecule has 0 saturated carbocycles. The maximum atomic E-state index is 10.7. The topological polar surface area (TPSA) is 188 Å². The molecule has 2 unspecified atom stereocenters. The van der Waals surface area contributed by atoms with Crippen molar-refractivity contribution in [3.05, 3.63) is 12.2 Å². The van der Waals surface area contributed by atoms with Crippen LogP contribution in [0.2, 0.25) is 0 Å². The van der Waals surface area contributed by atoms with Gasteiger partial charge in [-0.05, 0) is 18.9 Å². The van der Waals surface area contributed by atoms with Crippen LogP contribution in [0, 0.1) is 5.92 Å². The van der Waals surface area contributed by atoms with Crippen molar-refractivity contribution in [1.82, 2.24) is 0 Å². The molecule has 0 radical (unpaired) electrons. The molecule has 0 aromatic heterocycles. The Balaban J connectivity index is 1.68. The molecule has 3 rings (SSSR count). The highest BCUT2D eigenvalue weighted by Crippen LogP contribution is 2.34. The molecule has 0 amide bonds. The van der Waals surface area contributed by atoms with Crippen LogP contribution in [-0.2, 0) is 23.7 Å². The molecule has 12 nitrogen and oxygen atoms in total. The number of hydrogen-bond acceptors (Lipinski definition) is 12. The van der Waals surface area contributed by atoms with Crippen molar-refractivity contribution in [3.63, 3.8) is 0 Å². The second-order valence-electron chi connectivity index (χ2n) is 8.82. The minimum atomic E-state index is -1.73. The summed E-state index contributed by atoms with van der Waals surface area (Å²) in [6.07, 6.45) is -11.8. The van der Waals surface area contributed by atoms with E-state index in [-0.39, 0.29) is 12.0 Å². The summed E-state index contributed by atoms with van der Waals surface area (Å²) in [6.45, 7) is 4.25. The van der Waals surface area contributed by atoms with Gasteiger partial charge in [-0.2, -0.15) is 0 Å². The molecule has 3 heterocycles. The van der Waals surface area contributed by atoms with Gasteiger partial charge in [-0.1, -0.05) is 19.9 Å². The monoisotopic (exact) mass is 466 g/mol. The lowest BCUT2D eigenvalue weighted by Crippen LogP contribution is -2.65. The van der Waals surface area contributed by atoms with Crippen LogP contribution in [0.3, 0.4) is 0 Å². The zero-order valence-corrected chi connectivity index (χ0v) is 18.2. The Bertz CT molecular complexity index is 642. The van der Waals surface area contributed by atoms with Gasteiger partial charge in [-0.25, -0.2) is 0 Å². The van der Waals surface area contributed by atoms with Crippen molar-refractivity contribution >= 4 is 0 Å². The Labute approximate surface area is 185 Å². The van der Waals surface area contributed by atoms with Gasteiger partial charge in [0.2, 0.25) is 0 Å². The molecule has 12 atom stereocenters. The third-order valence-corrected chi connectivity index (χ3v) is 5.93. The van der Waals surface area contributed by atoms with Crippen molar-refractivity contribution in [1.29, 1.82) is 0 Å². The van der Waals surface area contributed by atoms with Gasteiger partial charge in [-0.3, -0.25) is 0 Å². The van der Waals surface area contributed by atoms with E-state index in [0.29, 0.717) is 0 Å². The van der Waals surface area contributed by atoms with Gasteiger partial charge in [0.05, 0.1) is 19.3 Å². The quantitative estimate of drug-likeness (QED) is 0.188. The SMILES string of the molecule is CC(C)C1C=CC(C)(O[C@@H]2O[C@H](CO)[C@@H](O[C@@H]3O[C@H](CO)[C@@H](O)[C@H](O)[C@H]3O)[C@H](O)[C@H]2O)O1. The highest BCUT2D eigenvalue weighted by atomic mass is 16.8. The van der Waals surface area contributed by atoms with Crippen LogP contribution in [0.25, 0.3) is 0 Å². The molecule has 0 bridgehead atoms. The molecule has 32 heavy (non-hydrogen) atoms. The predicted molar refractivity (Wildman–Crippen MR) is 105 cm³/mol. The van der Waals surface area contributed by atoms with Crippen LogP contribution in [0.1, 0.15) is 20.8 Å². The Morgan fingerprint density at radius 2 is 1.44 bits per heavy atom. The molecule has 3 aliphatic heterocycles. The van der Waals surface area contributed by atoms with Crippen molar-refractivity contribution in [2.45, 2.75) is 94.1 Å². The minimum absolute atomic E-state index is 0.181. The number of rotatable bonds is 7. The van der Waals surface area contributed by atoms with E-state index in [9.17, 15) is 35.7 Å². The second-order valence-corrected chi connectivity index (χ2v) is 8.82. The summed E-state index contributed by atoms with van der Waals surface area (Å²) in [7, 11) is 0. The van der Waals surface area contributed by atoms with E-state index in [0.717, 1.165) is 0 Å². The van der Waals surface area contributed by atoms with Gasteiger partial charge in [0, 0.05) is 0 Å². The number of hydrogen-bond donors (Lipinski definition) is 7. The van der Waals surface area contributed by atoms with E-state index >= 15 is 0 Å². The minimum Gasteiger partial charge on any atom is -0.394 e. The van der Waals surface area contributed by atoms with Crippen LogP contribution in [-0.4, -0.2) is 122 Å². The first-order chi connectivity index (χ1) is 15.0. The normalized spacial score (nSPS) is 49.7. The lowest BCUT2D eigenvalue weighted by atomic mass is 9.97.